The SMILES string of the molecule is COC(C)(C)CCNC(C)c1nnc2n1CCC2. The minimum atomic E-state index is -0.0699. The van der Waals surface area contributed by atoms with E-state index in [0.29, 0.717) is 0 Å². The molecule has 5 nitrogen and oxygen atoms in total. The molecule has 0 saturated carbocycles. The zero-order valence-corrected chi connectivity index (χ0v) is 11.9. The fraction of sp³-hybridized carbons (Fsp3) is 0.846. The monoisotopic (exact) mass is 252 g/mol. The maximum absolute atomic E-state index is 5.41. The highest BCUT2D eigenvalue weighted by Gasteiger charge is 2.22. The lowest BCUT2D eigenvalue weighted by atomic mass is 10.1. The van der Waals surface area contributed by atoms with Crippen LogP contribution in [-0.4, -0.2) is 34.0 Å². The van der Waals surface area contributed by atoms with Gasteiger partial charge in [0.25, 0.3) is 0 Å². The third-order valence-corrected chi connectivity index (χ3v) is 3.76. The number of hydrogen-bond acceptors (Lipinski definition) is 4. The Bertz CT molecular complexity index is 400. The van der Waals surface area contributed by atoms with Gasteiger partial charge in [0.05, 0.1) is 11.6 Å². The van der Waals surface area contributed by atoms with E-state index in [0.717, 1.165) is 37.6 Å². The predicted octanol–water partition coefficient (Wildman–Crippen LogP) is 1.69. The Morgan fingerprint density at radius 3 is 2.94 bits per heavy atom. The summed E-state index contributed by atoms with van der Waals surface area (Å²) in [6.45, 7) is 8.34. The molecule has 1 aliphatic rings. The number of nitrogens with zero attached hydrogens (tertiary/aromatic N) is 3. The Morgan fingerprint density at radius 2 is 2.22 bits per heavy atom. The van der Waals surface area contributed by atoms with Crippen LogP contribution < -0.4 is 5.32 Å². The van der Waals surface area contributed by atoms with Crippen molar-refractivity contribution in [3.63, 3.8) is 0 Å². The van der Waals surface area contributed by atoms with Gasteiger partial charge in [-0.05, 0) is 40.2 Å². The molecule has 1 aliphatic heterocycles. The van der Waals surface area contributed by atoms with E-state index in [2.05, 4.69) is 40.9 Å². The molecule has 1 aromatic rings. The summed E-state index contributed by atoms with van der Waals surface area (Å²) in [4.78, 5) is 0. The van der Waals surface area contributed by atoms with Crippen LogP contribution in [0.15, 0.2) is 0 Å². The van der Waals surface area contributed by atoms with E-state index >= 15 is 0 Å². The predicted molar refractivity (Wildman–Crippen MR) is 70.5 cm³/mol. The average Bonchev–Trinajstić information content (AvgIpc) is 2.90. The van der Waals surface area contributed by atoms with Gasteiger partial charge in [-0.25, -0.2) is 0 Å². The average molecular weight is 252 g/mol. The molecule has 1 unspecified atom stereocenters. The molecule has 0 bridgehead atoms. The summed E-state index contributed by atoms with van der Waals surface area (Å²) >= 11 is 0. The van der Waals surface area contributed by atoms with Crippen LogP contribution in [0.3, 0.4) is 0 Å². The van der Waals surface area contributed by atoms with Crippen molar-refractivity contribution in [3.8, 4) is 0 Å². The van der Waals surface area contributed by atoms with Crippen molar-refractivity contribution >= 4 is 0 Å². The molecule has 18 heavy (non-hydrogen) atoms. The molecular formula is C13H24N4O. The Morgan fingerprint density at radius 1 is 1.44 bits per heavy atom. The van der Waals surface area contributed by atoms with E-state index in [9.17, 15) is 0 Å². The lowest BCUT2D eigenvalue weighted by molar-refractivity contribution is 0.0154. The summed E-state index contributed by atoms with van der Waals surface area (Å²) < 4.78 is 7.66. The van der Waals surface area contributed by atoms with Crippen LogP contribution in [0.2, 0.25) is 0 Å². The van der Waals surface area contributed by atoms with Gasteiger partial charge in [0.2, 0.25) is 0 Å². The first kappa shape index (κ1) is 13.5. The Kier molecular flexibility index (Phi) is 4.02. The fourth-order valence-corrected chi connectivity index (χ4v) is 2.28. The molecule has 0 spiro atoms. The normalized spacial score (nSPS) is 16.9. The van der Waals surface area contributed by atoms with Gasteiger partial charge < -0.3 is 14.6 Å². The van der Waals surface area contributed by atoms with Crippen molar-refractivity contribution in [2.75, 3.05) is 13.7 Å². The molecule has 1 N–H and O–H groups in total. The van der Waals surface area contributed by atoms with E-state index < -0.39 is 0 Å². The van der Waals surface area contributed by atoms with E-state index in [1.807, 2.05) is 0 Å². The summed E-state index contributed by atoms with van der Waals surface area (Å²) in [5.41, 5.74) is -0.0699. The Hall–Kier alpha value is -0.940. The molecule has 1 aromatic heterocycles. The maximum atomic E-state index is 5.41. The minimum Gasteiger partial charge on any atom is -0.379 e. The van der Waals surface area contributed by atoms with Gasteiger partial charge >= 0.3 is 0 Å². The maximum Gasteiger partial charge on any atom is 0.149 e. The lowest BCUT2D eigenvalue weighted by Crippen LogP contribution is -2.31. The van der Waals surface area contributed by atoms with Gasteiger partial charge in [-0.15, -0.1) is 10.2 Å². The van der Waals surface area contributed by atoms with E-state index in [-0.39, 0.29) is 11.6 Å². The Balaban J connectivity index is 1.86. The molecule has 5 heteroatoms. The zero-order chi connectivity index (χ0) is 13.2. The molecule has 0 fully saturated rings. The summed E-state index contributed by atoms with van der Waals surface area (Å²) in [7, 11) is 1.76. The molecular weight excluding hydrogens is 228 g/mol. The van der Waals surface area contributed by atoms with Crippen LogP contribution in [0.4, 0.5) is 0 Å². The number of nitrogens with one attached hydrogen (secondary N) is 1. The molecule has 2 heterocycles. The molecule has 102 valence electrons. The summed E-state index contributed by atoms with van der Waals surface area (Å²) in [5.74, 6) is 2.20. The van der Waals surface area contributed by atoms with Gasteiger partial charge in [0.15, 0.2) is 0 Å². The highest BCUT2D eigenvalue weighted by Crippen LogP contribution is 2.19. The number of fused-ring (bicyclic) bond motifs is 1. The van der Waals surface area contributed by atoms with Crippen molar-refractivity contribution in [1.29, 1.82) is 0 Å². The molecule has 0 aliphatic carbocycles. The summed E-state index contributed by atoms with van der Waals surface area (Å²) in [5, 5.41) is 12.0. The van der Waals surface area contributed by atoms with Crippen molar-refractivity contribution in [1.82, 2.24) is 20.1 Å². The summed E-state index contributed by atoms with van der Waals surface area (Å²) in [6, 6.07) is 0.247. The molecule has 0 aromatic carbocycles. The number of methoxy groups -OCH3 is 1. The number of aryl methyl sites for hydroxylation is 1. The first-order valence-corrected chi connectivity index (χ1v) is 6.74. The quantitative estimate of drug-likeness (QED) is 0.837. The highest BCUT2D eigenvalue weighted by atomic mass is 16.5. The third-order valence-electron chi connectivity index (χ3n) is 3.76. The van der Waals surface area contributed by atoms with Gasteiger partial charge in [0, 0.05) is 20.1 Å². The van der Waals surface area contributed by atoms with Crippen molar-refractivity contribution in [2.24, 2.45) is 0 Å². The lowest BCUT2D eigenvalue weighted by Gasteiger charge is -2.24. The van der Waals surface area contributed by atoms with Crippen LogP contribution >= 0.6 is 0 Å². The number of ether oxygens (including phenoxy) is 1. The summed E-state index contributed by atoms with van der Waals surface area (Å²) in [6.07, 6.45) is 3.24. The first-order chi connectivity index (χ1) is 8.53. The minimum absolute atomic E-state index is 0.0699. The van der Waals surface area contributed by atoms with Crippen LogP contribution in [0.5, 0.6) is 0 Å². The highest BCUT2D eigenvalue weighted by molar-refractivity contribution is 5.04. The van der Waals surface area contributed by atoms with E-state index in [1.54, 1.807) is 7.11 Å². The molecule has 0 amide bonds. The van der Waals surface area contributed by atoms with Crippen LogP contribution in [0.25, 0.3) is 0 Å². The van der Waals surface area contributed by atoms with Crippen molar-refractivity contribution < 1.29 is 4.74 Å². The van der Waals surface area contributed by atoms with Crippen LogP contribution in [0, 0.1) is 0 Å². The molecule has 0 saturated heterocycles. The van der Waals surface area contributed by atoms with Crippen molar-refractivity contribution in [2.45, 2.75) is 58.2 Å². The number of hydrogen-bond donors (Lipinski definition) is 1. The molecule has 2 rings (SSSR count). The van der Waals surface area contributed by atoms with Crippen molar-refractivity contribution in [3.05, 3.63) is 11.6 Å². The van der Waals surface area contributed by atoms with Gasteiger partial charge in [-0.2, -0.15) is 0 Å². The van der Waals surface area contributed by atoms with Crippen LogP contribution in [-0.2, 0) is 17.7 Å². The molecule has 0 radical (unpaired) electrons. The third kappa shape index (κ3) is 2.90. The largest absolute Gasteiger partial charge is 0.379 e. The first-order valence-electron chi connectivity index (χ1n) is 6.74. The fourth-order valence-electron chi connectivity index (χ4n) is 2.28. The number of aromatic nitrogens is 3. The standard InChI is InChI=1S/C13H24N4O/c1-10(14-8-7-13(2,3)18-4)12-16-15-11-6-5-9-17(11)12/h10,14H,5-9H2,1-4H3. The number of rotatable bonds is 6. The van der Waals surface area contributed by atoms with Gasteiger partial charge in [-0.3, -0.25) is 0 Å². The zero-order valence-electron chi connectivity index (χ0n) is 11.9. The molecule has 1 atom stereocenters. The second-order valence-electron chi connectivity index (χ2n) is 5.62. The topological polar surface area (TPSA) is 52.0 Å². The van der Waals surface area contributed by atoms with Crippen LogP contribution in [0.1, 0.15) is 51.3 Å². The van der Waals surface area contributed by atoms with Gasteiger partial charge in [0.1, 0.15) is 11.6 Å². The second-order valence-corrected chi connectivity index (χ2v) is 5.62. The second kappa shape index (κ2) is 5.36. The smallest absolute Gasteiger partial charge is 0.149 e. The van der Waals surface area contributed by atoms with Gasteiger partial charge in [-0.1, -0.05) is 0 Å². The van der Waals surface area contributed by atoms with E-state index in [1.165, 1.54) is 6.42 Å². The van der Waals surface area contributed by atoms with E-state index in [4.69, 9.17) is 4.74 Å². The Labute approximate surface area is 109 Å².